The lowest BCUT2D eigenvalue weighted by atomic mass is 10.2. The summed E-state index contributed by atoms with van der Waals surface area (Å²) in [6.07, 6.45) is 3.23. The molecule has 0 spiro atoms. The number of nitrogens with two attached hydrogens (primary N) is 1. The highest BCUT2D eigenvalue weighted by atomic mass is 32.2. The maximum absolute atomic E-state index is 13.3. The fourth-order valence-electron chi connectivity index (χ4n) is 1.41. The maximum Gasteiger partial charge on any atom is 0.339 e. The highest BCUT2D eigenvalue weighted by Crippen LogP contribution is 2.32. The molecule has 1 aromatic carbocycles. The van der Waals surface area contributed by atoms with Gasteiger partial charge < -0.3 is 10.8 Å². The molecule has 2 aromatic rings. The second-order valence-electron chi connectivity index (χ2n) is 3.78. The van der Waals surface area contributed by atoms with E-state index in [1.165, 1.54) is 6.07 Å². The number of aryl methyl sites for hydroxylation is 1. The smallest absolute Gasteiger partial charge is 0.339 e. The lowest BCUT2D eigenvalue weighted by Crippen LogP contribution is -2.06. The van der Waals surface area contributed by atoms with Crippen LogP contribution in [0.25, 0.3) is 0 Å². The van der Waals surface area contributed by atoms with E-state index in [2.05, 4.69) is 9.97 Å². The number of benzene rings is 1. The number of carboxylic acids is 1. The Kier molecular flexibility index (Phi) is 3.66. The summed E-state index contributed by atoms with van der Waals surface area (Å²) in [5.74, 6) is -2.04. The minimum atomic E-state index is -1.29. The van der Waals surface area contributed by atoms with Crippen molar-refractivity contribution in [2.75, 3.05) is 5.73 Å². The van der Waals surface area contributed by atoms with Gasteiger partial charge in [0.2, 0.25) is 0 Å². The van der Waals surface area contributed by atoms with E-state index in [4.69, 9.17) is 10.8 Å². The number of hydrogen-bond acceptors (Lipinski definition) is 5. The van der Waals surface area contributed by atoms with Crippen molar-refractivity contribution >= 4 is 23.4 Å². The third-order valence-corrected chi connectivity index (χ3v) is 3.28. The molecular formula is C12H10FN3O2S. The Balaban J connectivity index is 2.42. The normalized spacial score (nSPS) is 10.4. The van der Waals surface area contributed by atoms with Crippen molar-refractivity contribution in [2.45, 2.75) is 17.0 Å². The number of halogens is 1. The van der Waals surface area contributed by atoms with Crippen LogP contribution in [0, 0.1) is 12.7 Å². The summed E-state index contributed by atoms with van der Waals surface area (Å²) < 4.78 is 13.3. The predicted molar refractivity (Wildman–Crippen MR) is 68.7 cm³/mol. The summed E-state index contributed by atoms with van der Waals surface area (Å²) >= 11 is 1.02. The van der Waals surface area contributed by atoms with E-state index >= 15 is 0 Å². The lowest BCUT2D eigenvalue weighted by molar-refractivity contribution is 0.0694. The van der Waals surface area contributed by atoms with Crippen LogP contribution in [0.15, 0.2) is 34.6 Å². The molecule has 0 unspecified atom stereocenters. The van der Waals surface area contributed by atoms with E-state index in [1.54, 1.807) is 12.4 Å². The van der Waals surface area contributed by atoms with Gasteiger partial charge in [0.05, 0.1) is 11.3 Å². The molecule has 0 amide bonds. The standard InChI is InChI=1S/C12H10FN3O2S/c1-6-4-15-12(16-5-6)19-8-3-2-7(13)10(14)9(8)11(17)18/h2-5H,14H2,1H3,(H,17,18). The predicted octanol–water partition coefficient (Wildman–Crippen LogP) is 2.36. The highest BCUT2D eigenvalue weighted by molar-refractivity contribution is 7.99. The van der Waals surface area contributed by atoms with Crippen LogP contribution < -0.4 is 5.73 Å². The molecule has 1 heterocycles. The molecule has 0 bridgehead atoms. The number of aromatic carboxylic acids is 1. The zero-order chi connectivity index (χ0) is 14.0. The summed E-state index contributed by atoms with van der Waals surface area (Å²) in [4.78, 5) is 19.5. The SMILES string of the molecule is Cc1cnc(Sc2ccc(F)c(N)c2C(=O)O)nc1. The monoisotopic (exact) mass is 279 g/mol. The molecule has 0 atom stereocenters. The Morgan fingerprint density at radius 2 is 2.00 bits per heavy atom. The van der Waals surface area contributed by atoms with Crippen LogP contribution in [-0.4, -0.2) is 21.0 Å². The molecule has 3 N–H and O–H groups in total. The molecule has 98 valence electrons. The van der Waals surface area contributed by atoms with E-state index in [9.17, 15) is 9.18 Å². The molecule has 5 nitrogen and oxygen atoms in total. The molecule has 0 saturated heterocycles. The average molecular weight is 279 g/mol. The minimum absolute atomic E-state index is 0.269. The van der Waals surface area contributed by atoms with Gasteiger partial charge >= 0.3 is 5.97 Å². The first kappa shape index (κ1) is 13.3. The van der Waals surface area contributed by atoms with Gasteiger partial charge in [-0.3, -0.25) is 0 Å². The number of nitrogen functional groups attached to an aromatic ring is 1. The number of aromatic nitrogens is 2. The van der Waals surface area contributed by atoms with Crippen LogP contribution in [0.4, 0.5) is 10.1 Å². The number of anilines is 1. The van der Waals surface area contributed by atoms with Crippen LogP contribution in [0.2, 0.25) is 0 Å². The summed E-state index contributed by atoms with van der Waals surface area (Å²) in [7, 11) is 0. The van der Waals surface area contributed by atoms with Crippen molar-refractivity contribution < 1.29 is 14.3 Å². The summed E-state index contributed by atoms with van der Waals surface area (Å²) in [6, 6.07) is 2.47. The molecule has 2 rings (SSSR count). The van der Waals surface area contributed by atoms with Gasteiger partial charge in [-0.1, -0.05) is 0 Å². The molecule has 1 aromatic heterocycles. The topological polar surface area (TPSA) is 89.1 Å². The molecule has 0 saturated carbocycles. The van der Waals surface area contributed by atoms with Crippen LogP contribution >= 0.6 is 11.8 Å². The van der Waals surface area contributed by atoms with Gasteiger partial charge in [0.15, 0.2) is 5.16 Å². The number of carboxylic acid groups (broad SMARTS) is 1. The minimum Gasteiger partial charge on any atom is -0.478 e. The Morgan fingerprint density at radius 3 is 2.58 bits per heavy atom. The quantitative estimate of drug-likeness (QED) is 0.662. The van der Waals surface area contributed by atoms with E-state index in [-0.39, 0.29) is 11.3 Å². The van der Waals surface area contributed by atoms with Gasteiger partial charge in [-0.05, 0) is 36.4 Å². The third kappa shape index (κ3) is 2.82. The molecule has 7 heteroatoms. The van der Waals surface area contributed by atoms with Crippen molar-refractivity contribution in [1.82, 2.24) is 9.97 Å². The van der Waals surface area contributed by atoms with Crippen molar-refractivity contribution in [3.63, 3.8) is 0 Å². The number of carbonyl (C=O) groups is 1. The average Bonchev–Trinajstić information content (AvgIpc) is 2.36. The molecule has 0 aliphatic heterocycles. The molecular weight excluding hydrogens is 269 g/mol. The summed E-state index contributed by atoms with van der Waals surface area (Å²) in [6.45, 7) is 1.84. The first-order valence-corrected chi connectivity index (χ1v) is 6.08. The van der Waals surface area contributed by atoms with Crippen LogP contribution in [0.5, 0.6) is 0 Å². The first-order valence-electron chi connectivity index (χ1n) is 5.27. The van der Waals surface area contributed by atoms with Gasteiger partial charge in [-0.15, -0.1) is 0 Å². The molecule has 0 aliphatic carbocycles. The van der Waals surface area contributed by atoms with Crippen molar-refractivity contribution in [3.05, 3.63) is 41.5 Å². The molecule has 0 radical (unpaired) electrons. The van der Waals surface area contributed by atoms with E-state index in [1.807, 2.05) is 6.92 Å². The molecule has 0 aliphatic rings. The molecule has 0 fully saturated rings. The summed E-state index contributed by atoms with van der Waals surface area (Å²) in [5.41, 5.74) is 5.69. The van der Waals surface area contributed by atoms with Crippen LogP contribution in [-0.2, 0) is 0 Å². The van der Waals surface area contributed by atoms with Crippen molar-refractivity contribution in [1.29, 1.82) is 0 Å². The summed E-state index contributed by atoms with van der Waals surface area (Å²) in [5, 5.41) is 9.47. The Hall–Kier alpha value is -2.15. The van der Waals surface area contributed by atoms with Crippen molar-refractivity contribution in [2.24, 2.45) is 0 Å². The van der Waals surface area contributed by atoms with Crippen LogP contribution in [0.1, 0.15) is 15.9 Å². The van der Waals surface area contributed by atoms with E-state index in [0.717, 1.165) is 23.4 Å². The number of nitrogens with zero attached hydrogens (tertiary/aromatic N) is 2. The van der Waals surface area contributed by atoms with Crippen LogP contribution in [0.3, 0.4) is 0 Å². The highest BCUT2D eigenvalue weighted by Gasteiger charge is 2.18. The number of rotatable bonds is 3. The Morgan fingerprint density at radius 1 is 1.37 bits per heavy atom. The van der Waals surface area contributed by atoms with Crippen molar-refractivity contribution in [3.8, 4) is 0 Å². The zero-order valence-electron chi connectivity index (χ0n) is 9.92. The largest absolute Gasteiger partial charge is 0.478 e. The van der Waals surface area contributed by atoms with E-state index < -0.39 is 11.8 Å². The second kappa shape index (κ2) is 5.23. The number of hydrogen-bond donors (Lipinski definition) is 2. The lowest BCUT2D eigenvalue weighted by Gasteiger charge is -2.08. The third-order valence-electron chi connectivity index (χ3n) is 2.33. The maximum atomic E-state index is 13.3. The van der Waals surface area contributed by atoms with E-state index in [0.29, 0.717) is 10.1 Å². The second-order valence-corrected chi connectivity index (χ2v) is 4.79. The molecule has 19 heavy (non-hydrogen) atoms. The van der Waals surface area contributed by atoms with Gasteiger partial charge in [0, 0.05) is 17.3 Å². The Bertz CT molecular complexity index is 632. The van der Waals surface area contributed by atoms with Gasteiger partial charge in [0.25, 0.3) is 0 Å². The van der Waals surface area contributed by atoms with Gasteiger partial charge in [-0.25, -0.2) is 19.2 Å². The van der Waals surface area contributed by atoms with Gasteiger partial charge in [-0.2, -0.15) is 0 Å². The van der Waals surface area contributed by atoms with Gasteiger partial charge in [0.1, 0.15) is 5.82 Å². The fraction of sp³-hybridized carbons (Fsp3) is 0.0833. The first-order chi connectivity index (χ1) is 8.99. The fourth-order valence-corrected chi connectivity index (χ4v) is 2.25. The Labute approximate surface area is 112 Å². The zero-order valence-corrected chi connectivity index (χ0v) is 10.7.